The summed E-state index contributed by atoms with van der Waals surface area (Å²) in [4.78, 5) is 0. The van der Waals surface area contributed by atoms with Gasteiger partial charge in [-0.2, -0.15) is 0 Å². The number of aliphatic hydroxyl groups excluding tert-OH is 1. The van der Waals surface area contributed by atoms with Gasteiger partial charge in [-0.3, -0.25) is 0 Å². The van der Waals surface area contributed by atoms with E-state index in [4.69, 9.17) is 4.74 Å². The van der Waals surface area contributed by atoms with Crippen LogP contribution in [0.3, 0.4) is 0 Å². The van der Waals surface area contributed by atoms with Gasteiger partial charge in [0.25, 0.3) is 0 Å². The van der Waals surface area contributed by atoms with E-state index in [1.54, 1.807) is 0 Å². The van der Waals surface area contributed by atoms with Crippen LogP contribution in [0.2, 0.25) is 0 Å². The van der Waals surface area contributed by atoms with Gasteiger partial charge in [-0.25, -0.2) is 0 Å². The van der Waals surface area contributed by atoms with Crippen molar-refractivity contribution in [2.75, 3.05) is 0 Å². The van der Waals surface area contributed by atoms with Crippen LogP contribution in [0, 0.1) is 0 Å². The van der Waals surface area contributed by atoms with Crippen molar-refractivity contribution in [2.24, 2.45) is 0 Å². The van der Waals surface area contributed by atoms with Crippen molar-refractivity contribution in [1.29, 1.82) is 0 Å². The molecule has 2 heteroatoms. The summed E-state index contributed by atoms with van der Waals surface area (Å²) in [6, 6.07) is 18.0. The van der Waals surface area contributed by atoms with Crippen LogP contribution in [0.15, 0.2) is 54.6 Å². The molecule has 0 aliphatic rings. The average molecular weight is 256 g/mol. The second-order valence-electron chi connectivity index (χ2n) is 4.69. The number of hydrogen-bond acceptors (Lipinski definition) is 2. The Bertz CT molecular complexity index is 494. The summed E-state index contributed by atoms with van der Waals surface area (Å²) < 4.78 is 5.77. The van der Waals surface area contributed by atoms with E-state index in [1.165, 1.54) is 0 Å². The van der Waals surface area contributed by atoms with Gasteiger partial charge in [-0.1, -0.05) is 49.4 Å². The van der Waals surface area contributed by atoms with Crippen molar-refractivity contribution < 1.29 is 9.84 Å². The fourth-order valence-electron chi connectivity index (χ4n) is 1.92. The molecule has 0 aliphatic carbocycles. The third-order valence-corrected chi connectivity index (χ3v) is 3.09. The highest BCUT2D eigenvalue weighted by molar-refractivity contribution is 5.29. The molecule has 1 atom stereocenters. The Morgan fingerprint density at radius 1 is 1.00 bits per heavy atom. The summed E-state index contributed by atoms with van der Waals surface area (Å²) in [5.41, 5.74) is 2.27. The Balaban J connectivity index is 1.95. The van der Waals surface area contributed by atoms with Gasteiger partial charge in [0.1, 0.15) is 12.4 Å². The van der Waals surface area contributed by atoms with E-state index in [0.29, 0.717) is 13.0 Å². The topological polar surface area (TPSA) is 29.5 Å². The van der Waals surface area contributed by atoms with Crippen LogP contribution >= 0.6 is 0 Å². The van der Waals surface area contributed by atoms with Gasteiger partial charge in [-0.15, -0.1) is 0 Å². The molecule has 0 aromatic heterocycles. The maximum absolute atomic E-state index is 9.67. The van der Waals surface area contributed by atoms with E-state index in [9.17, 15) is 5.11 Å². The molecule has 2 rings (SSSR count). The SMILES string of the molecule is CCC(O)Cc1cccc(OCc2ccccc2)c1. The lowest BCUT2D eigenvalue weighted by atomic mass is 10.1. The minimum absolute atomic E-state index is 0.274. The van der Waals surface area contributed by atoms with Gasteiger partial charge in [0.2, 0.25) is 0 Å². The predicted octanol–water partition coefficient (Wildman–Crippen LogP) is 3.58. The minimum atomic E-state index is -0.274. The molecule has 2 nitrogen and oxygen atoms in total. The van der Waals surface area contributed by atoms with E-state index < -0.39 is 0 Å². The Morgan fingerprint density at radius 2 is 1.74 bits per heavy atom. The molecule has 0 spiro atoms. The summed E-state index contributed by atoms with van der Waals surface area (Å²) in [6.07, 6.45) is 1.18. The van der Waals surface area contributed by atoms with Gasteiger partial charge in [0, 0.05) is 0 Å². The number of benzene rings is 2. The first-order chi connectivity index (χ1) is 9.28. The Labute approximate surface area is 114 Å². The van der Waals surface area contributed by atoms with Crippen LogP contribution in [0.1, 0.15) is 24.5 Å². The van der Waals surface area contributed by atoms with Crippen LogP contribution in [-0.2, 0) is 13.0 Å². The van der Waals surface area contributed by atoms with E-state index in [2.05, 4.69) is 0 Å². The fraction of sp³-hybridized carbons (Fsp3) is 0.294. The first-order valence-electron chi connectivity index (χ1n) is 6.71. The molecular formula is C17H20O2. The van der Waals surface area contributed by atoms with Crippen LogP contribution in [0.4, 0.5) is 0 Å². The molecule has 0 amide bonds. The van der Waals surface area contributed by atoms with Gasteiger partial charge in [0.15, 0.2) is 0 Å². The molecule has 0 aliphatic heterocycles. The van der Waals surface area contributed by atoms with Gasteiger partial charge in [0.05, 0.1) is 6.10 Å². The molecule has 1 unspecified atom stereocenters. The third kappa shape index (κ3) is 4.42. The molecule has 0 heterocycles. The summed E-state index contributed by atoms with van der Waals surface area (Å²) in [7, 11) is 0. The predicted molar refractivity (Wildman–Crippen MR) is 77.2 cm³/mol. The number of hydrogen-bond donors (Lipinski definition) is 1. The maximum Gasteiger partial charge on any atom is 0.120 e. The van der Waals surface area contributed by atoms with Crippen LogP contribution in [0.5, 0.6) is 5.75 Å². The highest BCUT2D eigenvalue weighted by atomic mass is 16.5. The van der Waals surface area contributed by atoms with Crippen LogP contribution in [-0.4, -0.2) is 11.2 Å². The Morgan fingerprint density at radius 3 is 2.47 bits per heavy atom. The number of aliphatic hydroxyl groups is 1. The van der Waals surface area contributed by atoms with E-state index in [-0.39, 0.29) is 6.10 Å². The number of rotatable bonds is 6. The van der Waals surface area contributed by atoms with Crippen LogP contribution in [0.25, 0.3) is 0 Å². The second kappa shape index (κ2) is 6.95. The molecule has 0 radical (unpaired) electrons. The molecular weight excluding hydrogens is 236 g/mol. The standard InChI is InChI=1S/C17H20O2/c1-2-16(18)11-15-9-6-10-17(12-15)19-13-14-7-4-3-5-8-14/h3-10,12,16,18H,2,11,13H2,1H3. The quantitative estimate of drug-likeness (QED) is 0.856. The van der Waals surface area contributed by atoms with Crippen LogP contribution < -0.4 is 4.74 Å². The average Bonchev–Trinajstić information content (AvgIpc) is 2.46. The molecule has 0 fully saturated rings. The monoisotopic (exact) mass is 256 g/mol. The highest BCUT2D eigenvalue weighted by Crippen LogP contribution is 2.17. The van der Waals surface area contributed by atoms with Crippen molar-refractivity contribution in [3.63, 3.8) is 0 Å². The lowest BCUT2D eigenvalue weighted by Gasteiger charge is -2.10. The summed E-state index contributed by atoms with van der Waals surface area (Å²) in [5.74, 6) is 0.852. The minimum Gasteiger partial charge on any atom is -0.489 e. The normalized spacial score (nSPS) is 12.1. The number of ether oxygens (including phenoxy) is 1. The Hall–Kier alpha value is -1.80. The molecule has 0 saturated carbocycles. The van der Waals surface area contributed by atoms with Gasteiger partial charge in [-0.05, 0) is 36.1 Å². The molecule has 1 N–H and O–H groups in total. The zero-order valence-corrected chi connectivity index (χ0v) is 11.3. The smallest absolute Gasteiger partial charge is 0.120 e. The highest BCUT2D eigenvalue weighted by Gasteiger charge is 2.04. The van der Waals surface area contributed by atoms with E-state index >= 15 is 0 Å². The molecule has 0 saturated heterocycles. The first-order valence-corrected chi connectivity index (χ1v) is 6.71. The van der Waals surface area contributed by atoms with Crippen molar-refractivity contribution in [3.05, 3.63) is 65.7 Å². The fourth-order valence-corrected chi connectivity index (χ4v) is 1.92. The maximum atomic E-state index is 9.67. The van der Waals surface area contributed by atoms with Crippen molar-refractivity contribution >= 4 is 0 Å². The zero-order valence-electron chi connectivity index (χ0n) is 11.3. The molecule has 100 valence electrons. The molecule has 2 aromatic carbocycles. The van der Waals surface area contributed by atoms with Crippen molar-refractivity contribution in [3.8, 4) is 5.75 Å². The van der Waals surface area contributed by atoms with E-state index in [0.717, 1.165) is 23.3 Å². The lowest BCUT2D eigenvalue weighted by Crippen LogP contribution is -2.08. The second-order valence-corrected chi connectivity index (χ2v) is 4.69. The van der Waals surface area contributed by atoms with Gasteiger partial charge < -0.3 is 9.84 Å². The molecule has 19 heavy (non-hydrogen) atoms. The third-order valence-electron chi connectivity index (χ3n) is 3.09. The largest absolute Gasteiger partial charge is 0.489 e. The van der Waals surface area contributed by atoms with Crippen molar-refractivity contribution in [2.45, 2.75) is 32.5 Å². The van der Waals surface area contributed by atoms with Gasteiger partial charge >= 0.3 is 0 Å². The van der Waals surface area contributed by atoms with Crippen molar-refractivity contribution in [1.82, 2.24) is 0 Å². The zero-order chi connectivity index (χ0) is 13.5. The lowest BCUT2D eigenvalue weighted by molar-refractivity contribution is 0.170. The first kappa shape index (κ1) is 13.6. The molecule has 0 bridgehead atoms. The summed E-state index contributed by atoms with van der Waals surface area (Å²) >= 11 is 0. The molecule has 2 aromatic rings. The van der Waals surface area contributed by atoms with E-state index in [1.807, 2.05) is 61.5 Å². The summed E-state index contributed by atoms with van der Waals surface area (Å²) in [6.45, 7) is 2.56. The Kier molecular flexibility index (Phi) is 4.99. The summed E-state index contributed by atoms with van der Waals surface area (Å²) in [5, 5.41) is 9.67.